The minimum atomic E-state index is -1.74. The second kappa shape index (κ2) is 10.2. The zero-order valence-corrected chi connectivity index (χ0v) is 18.9. The summed E-state index contributed by atoms with van der Waals surface area (Å²) >= 11 is 0. The summed E-state index contributed by atoms with van der Waals surface area (Å²) in [7, 11) is 1.53. The van der Waals surface area contributed by atoms with Gasteiger partial charge in [-0.2, -0.15) is 5.26 Å². The Labute approximate surface area is 191 Å². The largest absolute Gasteiger partial charge is 0.496 e. The number of hydrogen-bond donors (Lipinski definition) is 5. The molecule has 2 unspecified atom stereocenters. The van der Waals surface area contributed by atoms with E-state index in [4.69, 9.17) is 4.74 Å². The van der Waals surface area contributed by atoms with Gasteiger partial charge in [0.25, 0.3) is 5.91 Å². The average Bonchev–Trinajstić information content (AvgIpc) is 3.37. The van der Waals surface area contributed by atoms with Crippen molar-refractivity contribution in [3.05, 3.63) is 30.0 Å². The molecule has 3 rings (SSSR count). The number of rotatable bonds is 9. The Morgan fingerprint density at radius 3 is 2.76 bits per heavy atom. The number of aromatic amines is 1. The number of carbonyl (C=O) groups excluding carboxylic acids is 2. The molecule has 2 amide bonds. The first-order chi connectivity index (χ1) is 15.6. The third kappa shape index (κ3) is 6.21. The summed E-state index contributed by atoms with van der Waals surface area (Å²) in [5.74, 6) is -0.833. The molecule has 1 aromatic carbocycles. The van der Waals surface area contributed by atoms with Crippen molar-refractivity contribution in [3.63, 3.8) is 0 Å². The van der Waals surface area contributed by atoms with Gasteiger partial charge in [-0.3, -0.25) is 14.9 Å². The van der Waals surface area contributed by atoms with Crippen molar-refractivity contribution in [2.75, 3.05) is 13.7 Å². The van der Waals surface area contributed by atoms with E-state index >= 15 is 0 Å². The quantitative estimate of drug-likeness (QED) is 0.387. The molecule has 1 aliphatic heterocycles. The van der Waals surface area contributed by atoms with E-state index in [2.05, 4.69) is 20.9 Å². The van der Waals surface area contributed by atoms with E-state index in [0.717, 1.165) is 0 Å². The number of aromatic nitrogens is 1. The number of H-pyrrole nitrogens is 1. The Kier molecular flexibility index (Phi) is 7.56. The highest BCUT2D eigenvalue weighted by Crippen LogP contribution is 2.26. The number of halogens is 1. The first kappa shape index (κ1) is 24.5. The van der Waals surface area contributed by atoms with Crippen LogP contribution in [-0.4, -0.2) is 59.5 Å². The highest BCUT2D eigenvalue weighted by atomic mass is 19.1. The number of aliphatic hydroxyl groups is 1. The number of aliphatic hydroxyl groups excluding tert-OH is 1. The number of nitrogens with zero attached hydrogens (tertiary/aromatic N) is 1. The fraction of sp³-hybridized carbons (Fsp3) is 0.522. The minimum absolute atomic E-state index is 0.179. The van der Waals surface area contributed by atoms with Crippen LogP contribution in [-0.2, 0) is 4.79 Å². The summed E-state index contributed by atoms with van der Waals surface area (Å²) in [6.07, 6.45) is -0.0915. The number of alkyl halides is 1. The highest BCUT2D eigenvalue weighted by Gasteiger charge is 2.33. The Balaban J connectivity index is 1.74. The molecule has 1 aromatic heterocycles. The number of ether oxygens (including phenoxy) is 1. The number of hydrogen-bond acceptors (Lipinski definition) is 6. The molecule has 2 aromatic rings. The molecule has 0 aliphatic carbocycles. The topological polar surface area (TPSA) is 139 Å². The molecule has 0 saturated carbocycles. The molecule has 1 aliphatic rings. The van der Waals surface area contributed by atoms with Crippen molar-refractivity contribution in [1.29, 1.82) is 5.26 Å². The van der Waals surface area contributed by atoms with Crippen LogP contribution < -0.4 is 20.7 Å². The number of benzene rings is 1. The van der Waals surface area contributed by atoms with Gasteiger partial charge < -0.3 is 25.5 Å². The fourth-order valence-corrected chi connectivity index (χ4v) is 4.07. The van der Waals surface area contributed by atoms with Gasteiger partial charge in [0.05, 0.1) is 13.2 Å². The molecule has 2 heterocycles. The van der Waals surface area contributed by atoms with Crippen LogP contribution >= 0.6 is 0 Å². The summed E-state index contributed by atoms with van der Waals surface area (Å²) in [5, 5.41) is 28.2. The number of nitriles is 1. The molecule has 0 spiro atoms. The summed E-state index contributed by atoms with van der Waals surface area (Å²) < 4.78 is 19.8. The molecule has 0 radical (unpaired) electrons. The molecule has 9 nitrogen and oxygen atoms in total. The van der Waals surface area contributed by atoms with Gasteiger partial charge in [0, 0.05) is 23.2 Å². The van der Waals surface area contributed by atoms with E-state index in [1.54, 1.807) is 24.3 Å². The first-order valence-electron chi connectivity index (χ1n) is 10.9. The number of nitrogens with one attached hydrogen (secondary N) is 4. The predicted octanol–water partition coefficient (Wildman–Crippen LogP) is 1.74. The Morgan fingerprint density at radius 1 is 1.39 bits per heavy atom. The van der Waals surface area contributed by atoms with Crippen molar-refractivity contribution in [1.82, 2.24) is 20.9 Å². The van der Waals surface area contributed by atoms with Gasteiger partial charge in [0.2, 0.25) is 5.91 Å². The van der Waals surface area contributed by atoms with Crippen molar-refractivity contribution in [3.8, 4) is 11.8 Å². The van der Waals surface area contributed by atoms with Crippen LogP contribution in [0.25, 0.3) is 10.9 Å². The molecule has 4 atom stereocenters. The van der Waals surface area contributed by atoms with Crippen LogP contribution in [0, 0.1) is 17.2 Å². The maximum absolute atomic E-state index is 14.5. The van der Waals surface area contributed by atoms with E-state index in [-0.39, 0.29) is 24.5 Å². The number of methoxy groups -OCH3 is 1. The van der Waals surface area contributed by atoms with Crippen molar-refractivity contribution in [2.45, 2.75) is 57.1 Å². The molecule has 10 heteroatoms. The molecular weight excluding hydrogens is 429 g/mol. The van der Waals surface area contributed by atoms with Crippen molar-refractivity contribution in [2.24, 2.45) is 5.92 Å². The molecule has 5 N–H and O–H groups in total. The van der Waals surface area contributed by atoms with E-state index in [0.29, 0.717) is 29.6 Å². The molecule has 178 valence electrons. The van der Waals surface area contributed by atoms with Gasteiger partial charge in [-0.25, -0.2) is 4.39 Å². The molecule has 0 bridgehead atoms. The zero-order valence-electron chi connectivity index (χ0n) is 18.9. The second-order valence-electron chi connectivity index (χ2n) is 8.93. The summed E-state index contributed by atoms with van der Waals surface area (Å²) in [5.41, 5.74) is -0.868. The van der Waals surface area contributed by atoms with Gasteiger partial charge in [0.15, 0.2) is 0 Å². The lowest BCUT2D eigenvalue weighted by molar-refractivity contribution is -0.124. The van der Waals surface area contributed by atoms with Crippen LogP contribution in [0.1, 0.15) is 43.6 Å². The molecule has 1 fully saturated rings. The van der Waals surface area contributed by atoms with Gasteiger partial charge in [-0.05, 0) is 51.4 Å². The molecule has 1 saturated heterocycles. The minimum Gasteiger partial charge on any atom is -0.496 e. The normalized spacial score (nSPS) is 20.1. The third-order valence-electron chi connectivity index (χ3n) is 5.73. The predicted molar refractivity (Wildman–Crippen MR) is 120 cm³/mol. The van der Waals surface area contributed by atoms with E-state index in [1.807, 2.05) is 6.07 Å². The van der Waals surface area contributed by atoms with E-state index in [9.17, 15) is 24.3 Å². The van der Waals surface area contributed by atoms with E-state index in [1.165, 1.54) is 21.0 Å². The maximum atomic E-state index is 14.5. The average molecular weight is 460 g/mol. The fourth-order valence-electron chi connectivity index (χ4n) is 4.07. The summed E-state index contributed by atoms with van der Waals surface area (Å²) in [6, 6.07) is 6.87. The maximum Gasteiger partial charge on any atom is 0.268 e. The first-order valence-corrected chi connectivity index (χ1v) is 10.9. The summed E-state index contributed by atoms with van der Waals surface area (Å²) in [6.45, 7) is 3.26. The van der Waals surface area contributed by atoms with E-state index < -0.39 is 35.8 Å². The zero-order chi connectivity index (χ0) is 24.2. The van der Waals surface area contributed by atoms with Crippen LogP contribution in [0.4, 0.5) is 4.39 Å². The monoisotopic (exact) mass is 459 g/mol. The third-order valence-corrected chi connectivity index (χ3v) is 5.73. The number of carbonyl (C=O) groups is 2. The van der Waals surface area contributed by atoms with Crippen molar-refractivity contribution < 1.29 is 23.8 Å². The van der Waals surface area contributed by atoms with Crippen LogP contribution in [0.2, 0.25) is 0 Å². The second-order valence-corrected chi connectivity index (χ2v) is 8.93. The van der Waals surface area contributed by atoms with Crippen molar-refractivity contribution >= 4 is 22.7 Å². The smallest absolute Gasteiger partial charge is 0.268 e. The summed E-state index contributed by atoms with van der Waals surface area (Å²) in [4.78, 5) is 28.8. The SMILES string of the molecule is COc1cccc2[nH]c(C(=O)NC(CC(C)(C)F)C(=O)N[C@H](C#N)C[C@@H]3CCNC3O)cc12. The highest BCUT2D eigenvalue weighted by molar-refractivity contribution is 6.01. The molecule has 33 heavy (non-hydrogen) atoms. The van der Waals surface area contributed by atoms with Gasteiger partial charge in [-0.15, -0.1) is 0 Å². The number of fused-ring (bicyclic) bond motifs is 1. The van der Waals surface area contributed by atoms with Crippen LogP contribution in [0.3, 0.4) is 0 Å². The van der Waals surface area contributed by atoms with Crippen LogP contribution in [0.5, 0.6) is 5.75 Å². The van der Waals surface area contributed by atoms with Gasteiger partial charge in [0.1, 0.15) is 35.4 Å². The Hall–Kier alpha value is -3.16. The molecular formula is C23H30FN5O4. The lowest BCUT2D eigenvalue weighted by Gasteiger charge is -2.25. The Bertz CT molecular complexity index is 1040. The lowest BCUT2D eigenvalue weighted by Crippen LogP contribution is -2.51. The van der Waals surface area contributed by atoms with Gasteiger partial charge in [-0.1, -0.05) is 6.07 Å². The lowest BCUT2D eigenvalue weighted by atomic mass is 9.96. The van der Waals surface area contributed by atoms with Crippen LogP contribution in [0.15, 0.2) is 24.3 Å². The van der Waals surface area contributed by atoms with Gasteiger partial charge >= 0.3 is 0 Å². The Morgan fingerprint density at radius 2 is 2.15 bits per heavy atom. The standard InChI is InChI=1S/C23H30FN5O4/c1-23(2,24)11-18(22(32)27-14(12-25)9-13-7-8-26-20(13)30)29-21(31)17-10-15-16(28-17)5-4-6-19(15)33-3/h4-6,10,13-14,18,20,26,28,30H,7-9,11H2,1-3H3,(H,27,32)(H,29,31)/t13-,14-,18?,20?/m0/s1. The number of amides is 2.